The molecule has 2 heterocycles. The molecule has 0 aliphatic carbocycles. The van der Waals surface area contributed by atoms with Gasteiger partial charge in [0.1, 0.15) is 0 Å². The van der Waals surface area contributed by atoms with Gasteiger partial charge in [-0.25, -0.2) is 0 Å². The van der Waals surface area contributed by atoms with E-state index < -0.39 is 18.3 Å². The minimum atomic E-state index is -0.619. The van der Waals surface area contributed by atoms with Gasteiger partial charge in [-0.15, -0.1) is 0 Å². The van der Waals surface area contributed by atoms with Crippen LogP contribution in [0.3, 0.4) is 0 Å². The van der Waals surface area contributed by atoms with Crippen LogP contribution in [0.4, 0.5) is 0 Å². The van der Waals surface area contributed by atoms with Gasteiger partial charge in [-0.2, -0.15) is 0 Å². The fourth-order valence-corrected chi connectivity index (χ4v) is 2.16. The molecular formula is C16H23BN2O4. The Balaban J connectivity index is 2.34. The van der Waals surface area contributed by atoms with Gasteiger partial charge in [0.05, 0.1) is 11.2 Å². The molecule has 0 radical (unpaired) electrons. The van der Waals surface area contributed by atoms with E-state index in [1.54, 1.807) is 18.5 Å². The molecule has 124 valence electrons. The van der Waals surface area contributed by atoms with Gasteiger partial charge in [0.15, 0.2) is 5.43 Å². The summed E-state index contributed by atoms with van der Waals surface area (Å²) >= 11 is 0. The number of rotatable bonds is 4. The molecule has 1 aliphatic rings. The van der Waals surface area contributed by atoms with Crippen LogP contribution in [0.1, 0.15) is 40.2 Å². The number of carbonyl (C=O) groups is 1. The summed E-state index contributed by atoms with van der Waals surface area (Å²) in [6.07, 6.45) is 4.89. The molecule has 1 aromatic heterocycles. The van der Waals surface area contributed by atoms with Crippen LogP contribution in [0.2, 0.25) is 0 Å². The van der Waals surface area contributed by atoms with Crippen LogP contribution in [0, 0.1) is 0 Å². The monoisotopic (exact) mass is 318 g/mol. The van der Waals surface area contributed by atoms with Crippen LogP contribution in [0.5, 0.6) is 0 Å². The molecule has 1 fully saturated rings. The van der Waals surface area contributed by atoms with E-state index in [2.05, 4.69) is 10.3 Å². The highest BCUT2D eigenvalue weighted by Crippen LogP contribution is 2.38. The van der Waals surface area contributed by atoms with Gasteiger partial charge in [-0.05, 0) is 33.2 Å². The molecule has 0 aromatic carbocycles. The van der Waals surface area contributed by atoms with Crippen molar-refractivity contribution in [1.29, 1.82) is 0 Å². The summed E-state index contributed by atoms with van der Waals surface area (Å²) in [5, 5.41) is 2.74. The van der Waals surface area contributed by atoms with Crippen molar-refractivity contribution in [2.45, 2.75) is 45.8 Å². The average Bonchev–Trinajstić information content (AvgIpc) is 2.65. The number of aromatic amines is 1. The van der Waals surface area contributed by atoms with Crippen LogP contribution >= 0.6 is 0 Å². The van der Waals surface area contributed by atoms with Gasteiger partial charge in [0, 0.05) is 37.5 Å². The SMILES string of the molecule is CC(=O)NCC(=Cc1c[nH]ccc1=O)B1OC(C)(C)C(C)(C)O1. The predicted molar refractivity (Wildman–Crippen MR) is 89.8 cm³/mol. The molecule has 1 aliphatic heterocycles. The first kappa shape index (κ1) is 17.5. The number of amides is 1. The van der Waals surface area contributed by atoms with Crippen LogP contribution < -0.4 is 10.7 Å². The Morgan fingerprint density at radius 1 is 1.30 bits per heavy atom. The molecule has 0 saturated carbocycles. The van der Waals surface area contributed by atoms with E-state index >= 15 is 0 Å². The van der Waals surface area contributed by atoms with Crippen molar-refractivity contribution in [3.63, 3.8) is 0 Å². The maximum atomic E-state index is 11.9. The van der Waals surface area contributed by atoms with E-state index in [4.69, 9.17) is 9.31 Å². The highest BCUT2D eigenvalue weighted by molar-refractivity contribution is 6.56. The van der Waals surface area contributed by atoms with E-state index in [0.29, 0.717) is 11.0 Å². The van der Waals surface area contributed by atoms with Gasteiger partial charge in [-0.1, -0.05) is 6.08 Å². The van der Waals surface area contributed by atoms with E-state index in [-0.39, 0.29) is 17.9 Å². The minimum absolute atomic E-state index is 0.111. The summed E-state index contributed by atoms with van der Waals surface area (Å²) in [7, 11) is -0.619. The zero-order chi connectivity index (χ0) is 17.3. The van der Waals surface area contributed by atoms with Crippen molar-refractivity contribution >= 4 is 19.1 Å². The number of aromatic nitrogens is 1. The zero-order valence-electron chi connectivity index (χ0n) is 14.2. The first-order valence-corrected chi connectivity index (χ1v) is 7.60. The van der Waals surface area contributed by atoms with Gasteiger partial charge in [0.25, 0.3) is 0 Å². The number of H-pyrrole nitrogens is 1. The highest BCUT2D eigenvalue weighted by atomic mass is 16.7. The van der Waals surface area contributed by atoms with Gasteiger partial charge in [-0.3, -0.25) is 9.59 Å². The standard InChI is InChI=1S/C16H23BN2O4/c1-11(20)19-10-13(8-12-9-18-7-6-14(12)21)17-22-15(2,3)16(4,5)23-17/h6-9H,10H2,1-5H3,(H,18,21)(H,19,20). The Morgan fingerprint density at radius 2 is 1.91 bits per heavy atom. The second-order valence-corrected chi connectivity index (χ2v) is 6.68. The summed E-state index contributed by atoms with van der Waals surface area (Å²) in [6.45, 7) is 9.52. The summed E-state index contributed by atoms with van der Waals surface area (Å²) in [4.78, 5) is 26.1. The lowest BCUT2D eigenvalue weighted by atomic mass is 9.77. The number of hydrogen-bond donors (Lipinski definition) is 2. The number of pyridine rings is 1. The van der Waals surface area contributed by atoms with E-state index in [1.807, 2.05) is 27.7 Å². The summed E-state index contributed by atoms with van der Waals surface area (Å²) in [6, 6.07) is 1.45. The third kappa shape index (κ3) is 3.92. The zero-order valence-corrected chi connectivity index (χ0v) is 14.2. The molecule has 1 amide bonds. The van der Waals surface area contributed by atoms with Crippen LogP contribution in [-0.4, -0.2) is 35.8 Å². The number of hydrogen-bond acceptors (Lipinski definition) is 4. The van der Waals surface area contributed by atoms with Crippen molar-refractivity contribution in [3.05, 3.63) is 39.7 Å². The lowest BCUT2D eigenvalue weighted by molar-refractivity contribution is -0.118. The molecule has 23 heavy (non-hydrogen) atoms. The third-order valence-corrected chi connectivity index (χ3v) is 4.29. The highest BCUT2D eigenvalue weighted by Gasteiger charge is 2.52. The van der Waals surface area contributed by atoms with Crippen LogP contribution in [0.25, 0.3) is 6.08 Å². The Morgan fingerprint density at radius 3 is 2.43 bits per heavy atom. The first-order chi connectivity index (χ1) is 10.6. The normalized spacial score (nSPS) is 19.7. The molecule has 0 spiro atoms. The third-order valence-electron chi connectivity index (χ3n) is 4.29. The number of nitrogens with one attached hydrogen (secondary N) is 2. The summed E-state index contributed by atoms with van der Waals surface area (Å²) in [5.74, 6) is -0.158. The lowest BCUT2D eigenvalue weighted by Gasteiger charge is -2.32. The van der Waals surface area contributed by atoms with Gasteiger partial charge >= 0.3 is 7.12 Å². The molecule has 7 heteroatoms. The largest absolute Gasteiger partial charge is 0.492 e. The lowest BCUT2D eigenvalue weighted by Crippen LogP contribution is -2.41. The molecule has 0 unspecified atom stereocenters. The molecule has 2 N–H and O–H groups in total. The molecular weight excluding hydrogens is 295 g/mol. The second kappa shape index (κ2) is 6.33. The average molecular weight is 318 g/mol. The summed E-state index contributed by atoms with van der Waals surface area (Å²) < 4.78 is 12.0. The smallest absolute Gasteiger partial charge is 0.400 e. The van der Waals surface area contributed by atoms with Crippen molar-refractivity contribution in [1.82, 2.24) is 10.3 Å². The number of carbonyl (C=O) groups excluding carboxylic acids is 1. The van der Waals surface area contributed by atoms with E-state index in [0.717, 1.165) is 0 Å². The van der Waals surface area contributed by atoms with Crippen LogP contribution in [0.15, 0.2) is 28.7 Å². The van der Waals surface area contributed by atoms with E-state index in [1.165, 1.54) is 13.0 Å². The minimum Gasteiger partial charge on any atom is -0.400 e. The fourth-order valence-electron chi connectivity index (χ4n) is 2.16. The topological polar surface area (TPSA) is 80.4 Å². The van der Waals surface area contributed by atoms with Crippen molar-refractivity contribution in [2.24, 2.45) is 0 Å². The van der Waals surface area contributed by atoms with Crippen molar-refractivity contribution < 1.29 is 14.1 Å². The van der Waals surface area contributed by atoms with Gasteiger partial charge in [0.2, 0.25) is 5.91 Å². The molecule has 1 saturated heterocycles. The maximum absolute atomic E-state index is 11.9. The molecule has 0 atom stereocenters. The Kier molecular flexibility index (Phi) is 4.82. The van der Waals surface area contributed by atoms with E-state index in [9.17, 15) is 9.59 Å². The fraction of sp³-hybridized carbons (Fsp3) is 0.500. The van der Waals surface area contributed by atoms with Crippen molar-refractivity contribution in [3.8, 4) is 0 Å². The predicted octanol–water partition coefficient (Wildman–Crippen LogP) is 1.53. The quantitative estimate of drug-likeness (QED) is 0.825. The summed E-state index contributed by atoms with van der Waals surface area (Å²) in [5.41, 5.74) is 0.0883. The molecule has 6 nitrogen and oxygen atoms in total. The molecule has 1 aromatic rings. The molecule has 0 bridgehead atoms. The Labute approximate surface area is 136 Å². The van der Waals surface area contributed by atoms with Crippen LogP contribution in [-0.2, 0) is 14.1 Å². The second-order valence-electron chi connectivity index (χ2n) is 6.68. The Hall–Kier alpha value is -1.86. The Bertz CT molecular complexity index is 663. The first-order valence-electron chi connectivity index (χ1n) is 7.60. The van der Waals surface area contributed by atoms with Crippen molar-refractivity contribution in [2.75, 3.05) is 6.54 Å². The molecule has 2 rings (SSSR count). The maximum Gasteiger partial charge on any atom is 0.492 e. The van der Waals surface area contributed by atoms with Gasteiger partial charge < -0.3 is 19.6 Å².